The van der Waals surface area contributed by atoms with Gasteiger partial charge in [0.25, 0.3) is 0 Å². The average molecular weight is 379 g/mol. The van der Waals surface area contributed by atoms with E-state index in [0.717, 1.165) is 0 Å². The van der Waals surface area contributed by atoms with Crippen LogP contribution in [-0.4, -0.2) is 25.0 Å². The molecule has 0 aliphatic rings. The van der Waals surface area contributed by atoms with Crippen LogP contribution >= 0.6 is 7.75 Å². The van der Waals surface area contributed by atoms with E-state index in [2.05, 4.69) is 0 Å². The molecular weight excluding hydrogens is 356 g/mol. The predicted molar refractivity (Wildman–Crippen MR) is 100.0 cm³/mol. The second-order valence-corrected chi connectivity index (χ2v) is 7.42. The number of hydrogen-bond acceptors (Lipinski definition) is 4. The summed E-state index contributed by atoms with van der Waals surface area (Å²) in [5.41, 5.74) is 0.861. The molecule has 2 aromatic rings. The zero-order chi connectivity index (χ0) is 19.2. The number of halogens is 1. The first kappa shape index (κ1) is 20.3. The SMILES string of the molecule is CCOP(=O)(OCC)N(c1ccc(F)cc1)C(C)C(=O)c1ccccc1. The van der Waals surface area contributed by atoms with Gasteiger partial charge in [-0.15, -0.1) is 0 Å². The fourth-order valence-electron chi connectivity index (χ4n) is 2.61. The lowest BCUT2D eigenvalue weighted by Gasteiger charge is -2.35. The number of hydrogen-bond donors (Lipinski definition) is 0. The zero-order valence-corrected chi connectivity index (χ0v) is 16.0. The minimum Gasteiger partial charge on any atom is -0.292 e. The molecule has 0 aliphatic carbocycles. The summed E-state index contributed by atoms with van der Waals surface area (Å²) in [6, 6.07) is 13.2. The van der Waals surface area contributed by atoms with Crippen molar-refractivity contribution in [2.45, 2.75) is 26.8 Å². The Morgan fingerprint density at radius 2 is 1.58 bits per heavy atom. The van der Waals surface area contributed by atoms with Gasteiger partial charge in [-0.1, -0.05) is 30.3 Å². The number of carbonyl (C=O) groups excluding carboxylic acids is 1. The molecule has 0 saturated heterocycles. The highest BCUT2D eigenvalue weighted by Crippen LogP contribution is 2.55. The molecule has 2 aromatic carbocycles. The van der Waals surface area contributed by atoms with Crippen LogP contribution in [0.25, 0.3) is 0 Å². The monoisotopic (exact) mass is 379 g/mol. The van der Waals surface area contributed by atoms with Crippen molar-refractivity contribution < 1.29 is 22.8 Å². The van der Waals surface area contributed by atoms with Crippen molar-refractivity contribution >= 4 is 19.2 Å². The molecule has 0 heterocycles. The second kappa shape index (κ2) is 9.08. The first-order valence-electron chi connectivity index (χ1n) is 8.46. The standard InChI is InChI=1S/C19H23FNO4P/c1-4-24-26(23,25-5-2)21(18-13-11-17(20)12-14-18)15(3)19(22)16-9-7-6-8-10-16/h6-15H,4-5H2,1-3H3. The summed E-state index contributed by atoms with van der Waals surface area (Å²) in [7, 11) is -3.81. The van der Waals surface area contributed by atoms with Crippen LogP contribution in [0.5, 0.6) is 0 Å². The number of anilines is 1. The molecule has 0 spiro atoms. The van der Waals surface area contributed by atoms with Gasteiger partial charge < -0.3 is 0 Å². The summed E-state index contributed by atoms with van der Waals surface area (Å²) >= 11 is 0. The van der Waals surface area contributed by atoms with Gasteiger partial charge in [0, 0.05) is 11.3 Å². The van der Waals surface area contributed by atoms with Gasteiger partial charge in [0.1, 0.15) is 11.9 Å². The largest absolute Gasteiger partial charge is 0.435 e. The highest BCUT2D eigenvalue weighted by molar-refractivity contribution is 7.55. The number of nitrogens with zero attached hydrogens (tertiary/aromatic N) is 1. The van der Waals surface area contributed by atoms with Crippen LogP contribution in [0.4, 0.5) is 10.1 Å². The number of carbonyl (C=O) groups is 1. The third-order valence-corrected chi connectivity index (χ3v) is 6.02. The van der Waals surface area contributed by atoms with Crippen LogP contribution in [-0.2, 0) is 13.6 Å². The Morgan fingerprint density at radius 1 is 1.04 bits per heavy atom. The smallest absolute Gasteiger partial charge is 0.292 e. The van der Waals surface area contributed by atoms with Crippen LogP contribution in [0.3, 0.4) is 0 Å². The molecule has 5 nitrogen and oxygen atoms in total. The van der Waals surface area contributed by atoms with Crippen molar-refractivity contribution in [3.05, 3.63) is 66.0 Å². The summed E-state index contributed by atoms with van der Waals surface area (Å²) in [4.78, 5) is 12.9. The number of Topliss-reactive ketones (excluding diaryl/α,β-unsaturated/α-hetero) is 1. The van der Waals surface area contributed by atoms with Crippen molar-refractivity contribution in [2.24, 2.45) is 0 Å². The molecule has 0 aliphatic heterocycles. The maximum Gasteiger partial charge on any atom is 0.435 e. The fourth-order valence-corrected chi connectivity index (χ4v) is 4.53. The minimum atomic E-state index is -3.81. The maximum atomic E-state index is 13.4. The van der Waals surface area contributed by atoms with E-state index in [1.54, 1.807) is 45.0 Å². The van der Waals surface area contributed by atoms with Gasteiger partial charge in [-0.2, -0.15) is 0 Å². The quantitative estimate of drug-likeness (QED) is 0.449. The Morgan fingerprint density at radius 3 is 2.08 bits per heavy atom. The van der Waals surface area contributed by atoms with E-state index >= 15 is 0 Å². The van der Waals surface area contributed by atoms with Crippen LogP contribution in [0.2, 0.25) is 0 Å². The highest BCUT2D eigenvalue weighted by Gasteiger charge is 2.40. The first-order chi connectivity index (χ1) is 12.4. The third-order valence-electron chi connectivity index (χ3n) is 3.74. The molecule has 1 atom stereocenters. The van der Waals surface area contributed by atoms with Gasteiger partial charge in [-0.25, -0.2) is 8.96 Å². The summed E-state index contributed by atoms with van der Waals surface area (Å²) in [6.07, 6.45) is 0. The molecule has 7 heteroatoms. The van der Waals surface area contributed by atoms with Crippen molar-refractivity contribution in [1.82, 2.24) is 0 Å². The van der Waals surface area contributed by atoms with Gasteiger partial charge >= 0.3 is 7.75 Å². The van der Waals surface area contributed by atoms with E-state index in [9.17, 15) is 13.8 Å². The lowest BCUT2D eigenvalue weighted by Crippen LogP contribution is -2.38. The highest BCUT2D eigenvalue weighted by atomic mass is 31.2. The van der Waals surface area contributed by atoms with Gasteiger partial charge in [-0.05, 0) is 45.0 Å². The second-order valence-electron chi connectivity index (χ2n) is 5.53. The number of benzene rings is 2. The molecule has 1 unspecified atom stereocenters. The van der Waals surface area contributed by atoms with E-state index < -0.39 is 19.6 Å². The number of rotatable bonds is 9. The van der Waals surface area contributed by atoms with Crippen molar-refractivity contribution in [3.8, 4) is 0 Å². The van der Waals surface area contributed by atoms with Gasteiger partial charge in [0.15, 0.2) is 5.78 Å². The molecule has 0 N–H and O–H groups in total. The van der Waals surface area contributed by atoms with Crippen LogP contribution < -0.4 is 4.67 Å². The molecule has 0 radical (unpaired) electrons. The van der Waals surface area contributed by atoms with Crippen LogP contribution in [0.1, 0.15) is 31.1 Å². The van der Waals surface area contributed by atoms with Gasteiger partial charge in [-0.3, -0.25) is 18.5 Å². The molecule has 0 aromatic heterocycles. The van der Waals surface area contributed by atoms with E-state index in [1.807, 2.05) is 6.07 Å². The van der Waals surface area contributed by atoms with Crippen molar-refractivity contribution in [2.75, 3.05) is 17.9 Å². The van der Waals surface area contributed by atoms with Crippen molar-refractivity contribution in [1.29, 1.82) is 0 Å². The Balaban J connectivity index is 2.50. The molecule has 0 fully saturated rings. The molecule has 26 heavy (non-hydrogen) atoms. The predicted octanol–water partition coefficient (Wildman–Crippen LogP) is 5.08. The maximum absolute atomic E-state index is 13.4. The third kappa shape index (κ3) is 4.58. The molecule has 0 bridgehead atoms. The Labute approximate surface area is 153 Å². The van der Waals surface area contributed by atoms with E-state index in [-0.39, 0.29) is 19.0 Å². The minimum absolute atomic E-state index is 0.140. The number of ketones is 1. The summed E-state index contributed by atoms with van der Waals surface area (Å²) in [5.74, 6) is -0.673. The fraction of sp³-hybridized carbons (Fsp3) is 0.316. The summed E-state index contributed by atoms with van der Waals surface area (Å²) < 4.78 is 39.0. The Hall–Kier alpha value is -2.01. The molecule has 0 amide bonds. The van der Waals surface area contributed by atoms with Gasteiger partial charge in [0.05, 0.1) is 13.2 Å². The summed E-state index contributed by atoms with van der Waals surface area (Å²) in [6.45, 7) is 5.29. The average Bonchev–Trinajstić information content (AvgIpc) is 2.64. The topological polar surface area (TPSA) is 55.8 Å². The van der Waals surface area contributed by atoms with Crippen LogP contribution in [0.15, 0.2) is 54.6 Å². The molecule has 0 saturated carbocycles. The molecule has 140 valence electrons. The van der Waals surface area contributed by atoms with E-state index in [1.165, 1.54) is 28.9 Å². The van der Waals surface area contributed by atoms with Gasteiger partial charge in [0.2, 0.25) is 0 Å². The molecule has 2 rings (SSSR count). The Bertz CT molecular complexity index is 757. The van der Waals surface area contributed by atoms with Crippen molar-refractivity contribution in [3.63, 3.8) is 0 Å². The normalized spacial score (nSPS) is 12.6. The zero-order valence-electron chi connectivity index (χ0n) is 15.1. The Kier molecular flexibility index (Phi) is 7.09. The summed E-state index contributed by atoms with van der Waals surface area (Å²) in [5, 5.41) is 0. The van der Waals surface area contributed by atoms with E-state index in [4.69, 9.17) is 9.05 Å². The first-order valence-corrected chi connectivity index (χ1v) is 9.96. The van der Waals surface area contributed by atoms with Crippen LogP contribution in [0, 0.1) is 5.82 Å². The lowest BCUT2D eigenvalue weighted by atomic mass is 10.1. The lowest BCUT2D eigenvalue weighted by molar-refractivity contribution is 0.0963. The van der Waals surface area contributed by atoms with E-state index in [0.29, 0.717) is 11.3 Å². The molecular formula is C19H23FNO4P.